The van der Waals surface area contributed by atoms with Gasteiger partial charge in [-0.05, 0) is 65.7 Å². The van der Waals surface area contributed by atoms with E-state index in [1.165, 1.54) is 24.3 Å². The van der Waals surface area contributed by atoms with E-state index in [4.69, 9.17) is 41.6 Å². The van der Waals surface area contributed by atoms with Crippen LogP contribution in [0.4, 0.5) is 5.69 Å². The minimum Gasteiger partial charge on any atom is -0.508 e. The molecule has 2 heterocycles. The Morgan fingerprint density at radius 1 is 0.766 bits per heavy atom. The summed E-state index contributed by atoms with van der Waals surface area (Å²) in [6.45, 7) is -0.328. The quantitative estimate of drug-likeness (QED) is 0.0834. The van der Waals surface area contributed by atoms with Crippen LogP contribution in [0.3, 0.4) is 0 Å². The summed E-state index contributed by atoms with van der Waals surface area (Å²) in [5, 5.41) is 27.8. The number of hydrogen-bond donors (Lipinski definition) is 4. The molecule has 4 aliphatic rings. The van der Waals surface area contributed by atoms with Crippen LogP contribution in [0, 0.1) is 0 Å². The highest BCUT2D eigenvalue weighted by molar-refractivity contribution is 6.41. The number of nitrogens with zero attached hydrogens (tertiary/aromatic N) is 2. The van der Waals surface area contributed by atoms with Gasteiger partial charge in [0.05, 0.1) is 33.8 Å². The van der Waals surface area contributed by atoms with Crippen LogP contribution in [-0.4, -0.2) is 68.9 Å². The molecule has 4 aromatic carbocycles. The molecule has 0 atom stereocenters. The summed E-state index contributed by atoms with van der Waals surface area (Å²) in [5.74, 6) is -1.79. The second-order valence-corrected chi connectivity index (χ2v) is 15.7. The van der Waals surface area contributed by atoms with E-state index in [1.807, 2.05) is 86.2 Å². The number of benzene rings is 6. The lowest BCUT2D eigenvalue weighted by atomic mass is 9.89. The van der Waals surface area contributed by atoms with E-state index >= 15 is 0 Å². The van der Waals surface area contributed by atoms with Crippen molar-refractivity contribution in [1.29, 1.82) is 0 Å². The van der Waals surface area contributed by atoms with Gasteiger partial charge in [0, 0.05) is 89.2 Å². The normalized spacial score (nSPS) is 10.9. The van der Waals surface area contributed by atoms with Crippen molar-refractivity contribution in [2.24, 2.45) is 0 Å². The highest BCUT2D eigenvalue weighted by Crippen LogP contribution is 2.47. The summed E-state index contributed by atoms with van der Waals surface area (Å²) in [6, 6.07) is 29.0. The number of phenolic OH excluding ortho intramolecular Hbond substituents is 1. The summed E-state index contributed by atoms with van der Waals surface area (Å²) < 4.78 is 14.3. The molecule has 0 fully saturated rings. The van der Waals surface area contributed by atoms with Crippen molar-refractivity contribution in [1.82, 2.24) is 15.2 Å². The van der Waals surface area contributed by atoms with Gasteiger partial charge in [0.15, 0.2) is 5.43 Å². The number of anilines is 1. The number of phenols is 1. The van der Waals surface area contributed by atoms with Gasteiger partial charge in [-0.1, -0.05) is 41.4 Å². The zero-order valence-corrected chi connectivity index (χ0v) is 36.1. The van der Waals surface area contributed by atoms with Crippen LogP contribution in [-0.2, 0) is 20.9 Å². The van der Waals surface area contributed by atoms with Crippen LogP contribution < -0.4 is 30.9 Å². The topological polar surface area (TPSA) is 199 Å². The number of halogens is 2. The third-order valence-electron chi connectivity index (χ3n) is 10.4. The number of hydrogen-bond acceptors (Lipinski definition) is 10. The smallest absolute Gasteiger partial charge is 0.373 e. The molecule has 4 N–H and O–H groups in total. The second-order valence-electron chi connectivity index (χ2n) is 15.0. The number of carboxylic acids is 1. The summed E-state index contributed by atoms with van der Waals surface area (Å²) in [4.78, 5) is 70.3. The second kappa shape index (κ2) is 18.3. The number of rotatable bonds is 9. The fourth-order valence-electron chi connectivity index (χ4n) is 7.45. The molecule has 2 aliphatic heterocycles. The summed E-state index contributed by atoms with van der Waals surface area (Å²) in [7, 11) is 7.55. The highest BCUT2D eigenvalue weighted by atomic mass is 35.5. The minimum atomic E-state index is -1.35. The fraction of sp³-hybridized carbons (Fsp3) is 0.125. The van der Waals surface area contributed by atoms with Crippen molar-refractivity contribution in [3.8, 4) is 50.7 Å². The molecule has 0 saturated heterocycles. The van der Waals surface area contributed by atoms with Gasteiger partial charge in [-0.15, -0.1) is 0 Å². The Bertz CT molecular complexity index is 3290. The highest BCUT2D eigenvalue weighted by Gasteiger charge is 2.30. The summed E-state index contributed by atoms with van der Waals surface area (Å²) in [6.07, 6.45) is 0.250. The minimum absolute atomic E-state index is 0.0128. The van der Waals surface area contributed by atoms with Crippen LogP contribution in [0.1, 0.15) is 26.3 Å². The Balaban J connectivity index is 0.00000199. The average Bonchev–Trinajstić information content (AvgIpc) is 3.26. The first-order valence-corrected chi connectivity index (χ1v) is 20.1. The van der Waals surface area contributed by atoms with Crippen molar-refractivity contribution < 1.29 is 43.0 Å². The Morgan fingerprint density at radius 3 is 2.12 bits per heavy atom. The Morgan fingerprint density at radius 2 is 1.42 bits per heavy atom. The monoisotopic (exact) mass is 899 g/mol. The summed E-state index contributed by atoms with van der Waals surface area (Å²) >= 11 is 13.8. The number of fused-ring (bicyclic) bond motifs is 4. The van der Waals surface area contributed by atoms with Crippen molar-refractivity contribution >= 4 is 74.8 Å². The third-order valence-corrected chi connectivity index (χ3v) is 11.1. The number of aromatic carboxylic acids is 1. The maximum atomic E-state index is 13.8. The largest absolute Gasteiger partial charge is 0.508 e. The molecule has 0 radical (unpaired) electrons. The number of amides is 2. The maximum absolute atomic E-state index is 13.8. The standard InChI is InChI=1S/C47H36Cl2N4O8.CO2/c1-52(2)26-8-12-32-36(17-26)60-37-18-27(53(3)4)9-13-33(37)42(32)44-43(47(58)59)35(48)21-34(45(44)49)46(57)51-23-40(56)50-22-24-6-5-7-25(16-24)41-30-14-10-28(54)19-38(30)61-39-20-29(55)11-15-31(39)41;2-1-3/h5-21H,22-23H2,1-4H3,(H3-,50,51,54,55,56,57,58,59);/p+1. The first-order valence-electron chi connectivity index (χ1n) is 19.4. The van der Waals surface area contributed by atoms with Crippen molar-refractivity contribution in [2.75, 3.05) is 39.6 Å². The fourth-order valence-corrected chi connectivity index (χ4v) is 8.07. The molecule has 0 spiro atoms. The molecule has 2 amide bonds. The van der Waals surface area contributed by atoms with Gasteiger partial charge in [-0.2, -0.15) is 9.59 Å². The lowest BCUT2D eigenvalue weighted by molar-refractivity contribution is -0.191. The Hall–Kier alpha value is -7.77. The van der Waals surface area contributed by atoms with Crippen LogP contribution in [0.25, 0.3) is 66.8 Å². The van der Waals surface area contributed by atoms with Gasteiger partial charge in [-0.25, -0.2) is 9.37 Å². The number of nitrogens with one attached hydrogen (secondary N) is 2. The molecule has 0 saturated carbocycles. The number of carbonyl (C=O) groups is 3. The number of carbonyl (C=O) groups excluding carboxylic acids is 4. The molecule has 2 aliphatic carbocycles. The zero-order chi connectivity index (χ0) is 46.0. The third kappa shape index (κ3) is 8.79. The number of aromatic hydroxyl groups is 1. The number of carboxylic acid groups (broad SMARTS) is 1. The predicted octanol–water partition coefficient (Wildman–Crippen LogP) is 7.35. The van der Waals surface area contributed by atoms with E-state index in [1.54, 1.807) is 30.3 Å². The van der Waals surface area contributed by atoms with Crippen molar-refractivity contribution in [3.05, 3.63) is 145 Å². The summed E-state index contributed by atoms with van der Waals surface area (Å²) in [5.41, 5.74) is 5.00. The van der Waals surface area contributed by atoms with E-state index in [2.05, 4.69) is 10.6 Å². The van der Waals surface area contributed by atoms with Gasteiger partial charge in [0.2, 0.25) is 11.3 Å². The molecule has 0 aromatic heterocycles. The van der Waals surface area contributed by atoms with Gasteiger partial charge in [0.25, 0.3) is 5.91 Å². The van der Waals surface area contributed by atoms with Gasteiger partial charge in [0.1, 0.15) is 42.5 Å². The Kier molecular flexibility index (Phi) is 12.7. The molecule has 4 aromatic rings. The van der Waals surface area contributed by atoms with E-state index in [0.29, 0.717) is 50.1 Å². The molecular formula is C48H37Cl2N4O10+. The predicted molar refractivity (Wildman–Crippen MR) is 242 cm³/mol. The van der Waals surface area contributed by atoms with Crippen LogP contribution in [0.2, 0.25) is 10.0 Å². The van der Waals surface area contributed by atoms with E-state index in [9.17, 15) is 29.4 Å². The molecule has 0 unspecified atom stereocenters. The van der Waals surface area contributed by atoms with Crippen molar-refractivity contribution in [3.63, 3.8) is 0 Å². The SMILES string of the molecule is CN(C)c1ccc2c(-c3c(Cl)c(C(=O)NCC(=O)NCc4cccc(-c5c6ccc(=O)cc-6oc6cc(O)ccc56)c4)cc(Cl)c3C(=O)O)c3ccc(=[N+](C)C)cc-3oc2c1.O=C=O. The average molecular weight is 901 g/mol. The first kappa shape index (κ1) is 44.3. The molecule has 64 heavy (non-hydrogen) atoms. The van der Waals surface area contributed by atoms with Crippen LogP contribution in [0.15, 0.2) is 117 Å². The lowest BCUT2D eigenvalue weighted by Gasteiger charge is -2.21. The molecule has 16 heteroatoms. The molecule has 0 bridgehead atoms. The molecule has 14 nitrogen and oxygen atoms in total. The van der Waals surface area contributed by atoms with Crippen LogP contribution >= 0.6 is 23.2 Å². The lowest BCUT2D eigenvalue weighted by Crippen LogP contribution is -2.36. The van der Waals surface area contributed by atoms with Crippen LogP contribution in [0.5, 0.6) is 5.75 Å². The Labute approximate surface area is 373 Å². The first-order chi connectivity index (χ1) is 30.6. The van der Waals surface area contributed by atoms with E-state index in [-0.39, 0.29) is 50.6 Å². The van der Waals surface area contributed by atoms with Gasteiger partial charge < -0.3 is 34.6 Å². The van der Waals surface area contributed by atoms with Crippen molar-refractivity contribution in [2.45, 2.75) is 6.54 Å². The van der Waals surface area contributed by atoms with E-state index < -0.39 is 24.3 Å². The van der Waals surface area contributed by atoms with Gasteiger partial charge >= 0.3 is 12.1 Å². The maximum Gasteiger partial charge on any atom is 0.373 e. The zero-order valence-electron chi connectivity index (χ0n) is 34.5. The molecular weight excluding hydrogens is 863 g/mol. The molecule has 8 rings (SSSR count). The van der Waals surface area contributed by atoms with Gasteiger partial charge in [-0.3, -0.25) is 14.4 Å². The van der Waals surface area contributed by atoms with E-state index in [0.717, 1.165) is 27.7 Å². The molecule has 322 valence electrons.